The lowest BCUT2D eigenvalue weighted by Gasteiger charge is -2.10. The van der Waals surface area contributed by atoms with Crippen LogP contribution in [0.3, 0.4) is 0 Å². The third-order valence-corrected chi connectivity index (χ3v) is 3.24. The Morgan fingerprint density at radius 2 is 1.90 bits per heavy atom. The van der Waals surface area contributed by atoms with Crippen LogP contribution >= 0.6 is 0 Å². The summed E-state index contributed by atoms with van der Waals surface area (Å²) in [6, 6.07) is 8.06. The number of ether oxygens (including phenoxy) is 2. The smallest absolute Gasteiger partial charge is 0.414 e. The van der Waals surface area contributed by atoms with Crippen LogP contribution in [-0.2, 0) is 16.0 Å². The van der Waals surface area contributed by atoms with Gasteiger partial charge in [-0.3, -0.25) is 10.1 Å². The Hall–Kier alpha value is -2.04. The van der Waals surface area contributed by atoms with Crippen LogP contribution < -0.4 is 10.1 Å². The number of benzene rings is 1. The molecule has 0 radical (unpaired) electrons. The molecule has 1 heterocycles. The van der Waals surface area contributed by atoms with E-state index < -0.39 is 12.2 Å². The van der Waals surface area contributed by atoms with E-state index in [9.17, 15) is 9.59 Å². The molecule has 114 valence electrons. The first-order valence-electron chi connectivity index (χ1n) is 7.31. The standard InChI is InChI=1S/C16H21NO4/c1-11(2)20-13-9-7-12(8-10-13)5-3-4-6-14-15(18)17-16(19)21-14/h7-11,14H,3-6H2,1-2H3,(H,17,18,19)/t14-/m0/s1. The number of hydrogen-bond donors (Lipinski definition) is 1. The van der Waals surface area contributed by atoms with Gasteiger partial charge in [0.25, 0.3) is 5.91 Å². The fourth-order valence-electron chi connectivity index (χ4n) is 2.25. The van der Waals surface area contributed by atoms with E-state index in [-0.39, 0.29) is 12.0 Å². The molecule has 1 aliphatic heterocycles. The summed E-state index contributed by atoms with van der Waals surface area (Å²) in [6.45, 7) is 4.00. The normalized spacial score (nSPS) is 17.8. The molecule has 1 aromatic carbocycles. The van der Waals surface area contributed by atoms with Crippen LogP contribution in [0.5, 0.6) is 5.75 Å². The average Bonchev–Trinajstić information content (AvgIpc) is 2.74. The number of carbonyl (C=O) groups is 2. The summed E-state index contributed by atoms with van der Waals surface area (Å²) in [5.74, 6) is 0.554. The molecule has 21 heavy (non-hydrogen) atoms. The van der Waals surface area contributed by atoms with Crippen molar-refractivity contribution >= 4 is 12.0 Å². The molecule has 0 aromatic heterocycles. The molecule has 0 bridgehead atoms. The number of unbranched alkanes of at least 4 members (excludes halogenated alkanes) is 1. The minimum atomic E-state index is -0.634. The molecule has 1 atom stereocenters. The van der Waals surface area contributed by atoms with Crippen LogP contribution in [0.15, 0.2) is 24.3 Å². The second kappa shape index (κ2) is 7.11. The van der Waals surface area contributed by atoms with Crippen molar-refractivity contribution < 1.29 is 19.1 Å². The van der Waals surface area contributed by atoms with Crippen LogP contribution in [0.25, 0.3) is 0 Å². The summed E-state index contributed by atoms with van der Waals surface area (Å²) < 4.78 is 10.5. The van der Waals surface area contributed by atoms with Gasteiger partial charge in [0, 0.05) is 0 Å². The van der Waals surface area contributed by atoms with E-state index in [0.29, 0.717) is 6.42 Å². The SMILES string of the molecule is CC(C)Oc1ccc(CCCC[C@@H]2OC(=O)NC2=O)cc1. The molecule has 2 amide bonds. The van der Waals surface area contributed by atoms with Crippen molar-refractivity contribution in [3.8, 4) is 5.75 Å². The first kappa shape index (κ1) is 15.4. The molecular weight excluding hydrogens is 270 g/mol. The predicted molar refractivity (Wildman–Crippen MR) is 78.2 cm³/mol. The van der Waals surface area contributed by atoms with Gasteiger partial charge in [0.2, 0.25) is 0 Å². The van der Waals surface area contributed by atoms with E-state index in [2.05, 4.69) is 17.4 Å². The van der Waals surface area contributed by atoms with Gasteiger partial charge < -0.3 is 9.47 Å². The quantitative estimate of drug-likeness (QED) is 0.785. The molecule has 5 heteroatoms. The number of aryl methyl sites for hydroxylation is 1. The number of cyclic esters (lactones) is 1. The molecule has 2 rings (SSSR count). The van der Waals surface area contributed by atoms with Gasteiger partial charge in [0.05, 0.1) is 6.10 Å². The number of nitrogens with one attached hydrogen (secondary N) is 1. The fourth-order valence-corrected chi connectivity index (χ4v) is 2.25. The van der Waals surface area contributed by atoms with E-state index in [1.54, 1.807) is 0 Å². The minimum Gasteiger partial charge on any atom is -0.491 e. The highest BCUT2D eigenvalue weighted by molar-refractivity contribution is 5.99. The van der Waals surface area contributed by atoms with Crippen LogP contribution in [-0.4, -0.2) is 24.2 Å². The number of carbonyl (C=O) groups excluding carboxylic acids is 2. The number of rotatable bonds is 7. The lowest BCUT2D eigenvalue weighted by Crippen LogP contribution is -2.24. The van der Waals surface area contributed by atoms with Crippen molar-refractivity contribution in [2.45, 2.75) is 51.7 Å². The topological polar surface area (TPSA) is 64.6 Å². The number of alkyl carbamates (subject to hydrolysis) is 1. The Balaban J connectivity index is 1.69. The molecule has 5 nitrogen and oxygen atoms in total. The van der Waals surface area contributed by atoms with E-state index >= 15 is 0 Å². The van der Waals surface area contributed by atoms with Gasteiger partial charge >= 0.3 is 6.09 Å². The van der Waals surface area contributed by atoms with Gasteiger partial charge in [0.15, 0.2) is 6.10 Å². The maximum atomic E-state index is 11.3. The van der Waals surface area contributed by atoms with Gasteiger partial charge in [-0.25, -0.2) is 4.79 Å². The van der Waals surface area contributed by atoms with Gasteiger partial charge in [0.1, 0.15) is 5.75 Å². The third kappa shape index (κ3) is 4.77. The van der Waals surface area contributed by atoms with Crippen molar-refractivity contribution in [3.05, 3.63) is 29.8 Å². The molecule has 0 saturated carbocycles. The van der Waals surface area contributed by atoms with E-state index in [1.807, 2.05) is 26.0 Å². The summed E-state index contributed by atoms with van der Waals surface area (Å²) >= 11 is 0. The van der Waals surface area contributed by atoms with Crippen LogP contribution in [0, 0.1) is 0 Å². The zero-order chi connectivity index (χ0) is 15.2. The lowest BCUT2D eigenvalue weighted by molar-refractivity contribution is -0.123. The van der Waals surface area contributed by atoms with Gasteiger partial charge in [-0.1, -0.05) is 12.1 Å². The molecule has 1 saturated heterocycles. The van der Waals surface area contributed by atoms with Gasteiger partial charge in [-0.05, 0) is 57.2 Å². The molecule has 0 aliphatic carbocycles. The number of amides is 2. The minimum absolute atomic E-state index is 0.177. The Morgan fingerprint density at radius 1 is 1.19 bits per heavy atom. The van der Waals surface area contributed by atoms with Crippen molar-refractivity contribution in [1.29, 1.82) is 0 Å². The van der Waals surface area contributed by atoms with Crippen LogP contribution in [0.4, 0.5) is 4.79 Å². The second-order valence-corrected chi connectivity index (χ2v) is 5.44. The van der Waals surface area contributed by atoms with Crippen LogP contribution in [0.1, 0.15) is 38.7 Å². The maximum absolute atomic E-state index is 11.3. The third-order valence-electron chi connectivity index (χ3n) is 3.24. The van der Waals surface area contributed by atoms with E-state index in [0.717, 1.165) is 25.0 Å². The average molecular weight is 291 g/mol. The Labute approximate surface area is 124 Å². The highest BCUT2D eigenvalue weighted by Gasteiger charge is 2.31. The second-order valence-electron chi connectivity index (χ2n) is 5.44. The van der Waals surface area contributed by atoms with Crippen LogP contribution in [0.2, 0.25) is 0 Å². The highest BCUT2D eigenvalue weighted by atomic mass is 16.6. The van der Waals surface area contributed by atoms with Crippen molar-refractivity contribution in [2.24, 2.45) is 0 Å². The van der Waals surface area contributed by atoms with E-state index in [1.165, 1.54) is 5.56 Å². The van der Waals surface area contributed by atoms with Crippen molar-refractivity contribution in [1.82, 2.24) is 5.32 Å². The summed E-state index contributed by atoms with van der Waals surface area (Å²) in [7, 11) is 0. The first-order valence-corrected chi connectivity index (χ1v) is 7.31. The Kier molecular flexibility index (Phi) is 5.20. The Morgan fingerprint density at radius 3 is 2.48 bits per heavy atom. The summed E-state index contributed by atoms with van der Waals surface area (Å²) in [4.78, 5) is 22.2. The monoisotopic (exact) mass is 291 g/mol. The largest absolute Gasteiger partial charge is 0.491 e. The molecule has 1 aliphatic rings. The van der Waals surface area contributed by atoms with E-state index in [4.69, 9.17) is 9.47 Å². The highest BCUT2D eigenvalue weighted by Crippen LogP contribution is 2.17. The fraction of sp³-hybridized carbons (Fsp3) is 0.500. The zero-order valence-electron chi connectivity index (χ0n) is 12.4. The number of imide groups is 1. The molecule has 1 N–H and O–H groups in total. The summed E-state index contributed by atoms with van der Waals surface area (Å²) in [6.07, 6.45) is 2.23. The van der Waals surface area contributed by atoms with Gasteiger partial charge in [-0.15, -0.1) is 0 Å². The molecule has 1 aromatic rings. The maximum Gasteiger partial charge on any atom is 0.414 e. The number of hydrogen-bond acceptors (Lipinski definition) is 4. The van der Waals surface area contributed by atoms with Crippen molar-refractivity contribution in [2.75, 3.05) is 0 Å². The summed E-state index contributed by atoms with van der Waals surface area (Å²) in [5, 5.41) is 2.13. The predicted octanol–water partition coefficient (Wildman–Crippen LogP) is 2.82. The molecule has 0 unspecified atom stereocenters. The lowest BCUT2D eigenvalue weighted by atomic mass is 10.0. The Bertz CT molecular complexity index is 496. The zero-order valence-corrected chi connectivity index (χ0v) is 12.4. The van der Waals surface area contributed by atoms with Crippen molar-refractivity contribution in [3.63, 3.8) is 0 Å². The van der Waals surface area contributed by atoms with Gasteiger partial charge in [-0.2, -0.15) is 0 Å². The molecular formula is C16H21NO4. The summed E-state index contributed by atoms with van der Waals surface area (Å²) in [5.41, 5.74) is 1.24. The first-order chi connectivity index (χ1) is 10.0. The molecule has 1 fully saturated rings. The molecule has 0 spiro atoms.